The van der Waals surface area contributed by atoms with E-state index in [0.29, 0.717) is 13.1 Å². The van der Waals surface area contributed by atoms with Crippen LogP contribution in [-0.2, 0) is 16.1 Å². The Labute approximate surface area is 136 Å². The number of halogens is 1. The van der Waals surface area contributed by atoms with Crippen molar-refractivity contribution in [3.8, 4) is 0 Å². The summed E-state index contributed by atoms with van der Waals surface area (Å²) in [6, 6.07) is 3.38. The van der Waals surface area contributed by atoms with Crippen molar-refractivity contribution < 1.29 is 9.59 Å². The third-order valence-electron chi connectivity index (χ3n) is 3.10. The molecule has 2 amide bonds. The van der Waals surface area contributed by atoms with E-state index in [-0.39, 0.29) is 36.7 Å². The predicted molar refractivity (Wildman–Crippen MR) is 88.5 cm³/mol. The van der Waals surface area contributed by atoms with Gasteiger partial charge in [0.15, 0.2) is 0 Å². The van der Waals surface area contributed by atoms with Crippen LogP contribution in [0, 0.1) is 5.92 Å². The molecule has 5 nitrogen and oxygen atoms in total. The Kier molecular flexibility index (Phi) is 9.24. The van der Waals surface area contributed by atoms with Crippen molar-refractivity contribution in [1.29, 1.82) is 0 Å². The van der Waals surface area contributed by atoms with E-state index >= 15 is 0 Å². The lowest BCUT2D eigenvalue weighted by atomic mass is 10.1. The molecule has 0 saturated carbocycles. The summed E-state index contributed by atoms with van der Waals surface area (Å²) >= 11 is 1.62. The molecule has 3 N–H and O–H groups in total. The van der Waals surface area contributed by atoms with Gasteiger partial charge in [-0.2, -0.15) is 0 Å². The smallest absolute Gasteiger partial charge is 0.242 e. The average Bonchev–Trinajstić information content (AvgIpc) is 2.93. The van der Waals surface area contributed by atoms with Crippen molar-refractivity contribution in [2.75, 3.05) is 13.1 Å². The minimum absolute atomic E-state index is 0. The molecule has 7 heteroatoms. The van der Waals surface area contributed by atoms with Crippen molar-refractivity contribution >= 4 is 35.6 Å². The molecule has 0 aliphatic heterocycles. The molecule has 21 heavy (non-hydrogen) atoms. The maximum absolute atomic E-state index is 12.1. The Balaban J connectivity index is 0.00000400. The second-order valence-corrected chi connectivity index (χ2v) is 6.01. The molecular weight excluding hydrogens is 310 g/mol. The number of nitrogens with zero attached hydrogens (tertiary/aromatic N) is 1. The summed E-state index contributed by atoms with van der Waals surface area (Å²) in [5.74, 6) is -0.316. The molecule has 0 saturated heterocycles. The van der Waals surface area contributed by atoms with Crippen LogP contribution in [0.15, 0.2) is 17.5 Å². The fourth-order valence-corrected chi connectivity index (χ4v) is 2.38. The van der Waals surface area contributed by atoms with Crippen molar-refractivity contribution in [2.45, 2.75) is 33.4 Å². The first-order valence-corrected chi connectivity index (χ1v) is 7.67. The molecule has 0 radical (unpaired) electrons. The van der Waals surface area contributed by atoms with Crippen LogP contribution in [0.1, 0.15) is 25.6 Å². The quantitative estimate of drug-likeness (QED) is 0.796. The Morgan fingerprint density at radius 2 is 2.10 bits per heavy atom. The van der Waals surface area contributed by atoms with Gasteiger partial charge in [-0.05, 0) is 24.3 Å². The SMILES string of the molecule is CCN(Cc1cccs1)C(=O)CNC(=O)[C@@H](N)C(C)C.Cl. The lowest BCUT2D eigenvalue weighted by Gasteiger charge is -2.21. The molecule has 120 valence electrons. The predicted octanol–water partition coefficient (Wildman–Crippen LogP) is 1.62. The number of nitrogens with two attached hydrogens (primary N) is 1. The summed E-state index contributed by atoms with van der Waals surface area (Å²) in [5.41, 5.74) is 5.73. The molecule has 0 aliphatic carbocycles. The molecule has 1 atom stereocenters. The normalized spacial score (nSPS) is 11.7. The summed E-state index contributed by atoms with van der Waals surface area (Å²) in [6.07, 6.45) is 0. The molecule has 0 fully saturated rings. The van der Waals surface area contributed by atoms with Gasteiger partial charge in [0, 0.05) is 11.4 Å². The minimum Gasteiger partial charge on any atom is -0.346 e. The lowest BCUT2D eigenvalue weighted by molar-refractivity contribution is -0.133. The van der Waals surface area contributed by atoms with Crippen molar-refractivity contribution in [1.82, 2.24) is 10.2 Å². The molecule has 0 aliphatic rings. The van der Waals surface area contributed by atoms with E-state index in [1.54, 1.807) is 16.2 Å². The number of hydrogen-bond acceptors (Lipinski definition) is 4. The van der Waals surface area contributed by atoms with Crippen LogP contribution in [0.3, 0.4) is 0 Å². The van der Waals surface area contributed by atoms with Crippen molar-refractivity contribution in [3.63, 3.8) is 0 Å². The minimum atomic E-state index is -0.574. The van der Waals surface area contributed by atoms with E-state index < -0.39 is 6.04 Å². The van der Waals surface area contributed by atoms with E-state index in [0.717, 1.165) is 4.88 Å². The number of amides is 2. The monoisotopic (exact) mass is 333 g/mol. The molecule has 1 heterocycles. The molecular formula is C14H24ClN3O2S. The molecule has 1 rings (SSSR count). The van der Waals surface area contributed by atoms with Gasteiger partial charge in [0.2, 0.25) is 11.8 Å². The highest BCUT2D eigenvalue weighted by Gasteiger charge is 2.19. The number of carbonyl (C=O) groups excluding carboxylic acids is 2. The van der Waals surface area contributed by atoms with Crippen LogP contribution < -0.4 is 11.1 Å². The number of carbonyl (C=O) groups is 2. The number of hydrogen-bond donors (Lipinski definition) is 2. The maximum Gasteiger partial charge on any atom is 0.242 e. The highest BCUT2D eigenvalue weighted by molar-refractivity contribution is 7.09. The molecule has 0 unspecified atom stereocenters. The van der Waals surface area contributed by atoms with Crippen LogP contribution in [-0.4, -0.2) is 35.8 Å². The van der Waals surface area contributed by atoms with E-state index in [9.17, 15) is 9.59 Å². The Bertz CT molecular complexity index is 437. The summed E-state index contributed by atoms with van der Waals surface area (Å²) in [5, 5.41) is 4.59. The zero-order valence-corrected chi connectivity index (χ0v) is 14.3. The Hall–Kier alpha value is -1.11. The zero-order valence-electron chi connectivity index (χ0n) is 12.7. The average molecular weight is 334 g/mol. The number of nitrogens with one attached hydrogen (secondary N) is 1. The summed E-state index contributed by atoms with van der Waals surface area (Å²) < 4.78 is 0. The molecule has 0 spiro atoms. The van der Waals surface area contributed by atoms with Crippen LogP contribution >= 0.6 is 23.7 Å². The molecule has 1 aromatic rings. The molecule has 0 aromatic carbocycles. The van der Waals surface area contributed by atoms with Gasteiger partial charge in [0.05, 0.1) is 19.1 Å². The molecule has 0 bridgehead atoms. The van der Waals surface area contributed by atoms with Gasteiger partial charge in [-0.15, -0.1) is 23.7 Å². The topological polar surface area (TPSA) is 75.4 Å². The van der Waals surface area contributed by atoms with Crippen LogP contribution in [0.4, 0.5) is 0 Å². The molecule has 1 aromatic heterocycles. The highest BCUT2D eigenvalue weighted by atomic mass is 35.5. The van der Waals surface area contributed by atoms with E-state index in [2.05, 4.69) is 5.32 Å². The van der Waals surface area contributed by atoms with E-state index in [1.165, 1.54) is 0 Å². The van der Waals surface area contributed by atoms with Gasteiger partial charge >= 0.3 is 0 Å². The summed E-state index contributed by atoms with van der Waals surface area (Å²) in [6.45, 7) is 6.87. The Morgan fingerprint density at radius 1 is 1.43 bits per heavy atom. The summed E-state index contributed by atoms with van der Waals surface area (Å²) in [4.78, 5) is 26.6. The first kappa shape index (κ1) is 19.9. The second kappa shape index (κ2) is 9.76. The number of likely N-dealkylation sites (N-methyl/N-ethyl adjacent to an activating group) is 1. The third-order valence-corrected chi connectivity index (χ3v) is 3.96. The largest absolute Gasteiger partial charge is 0.346 e. The zero-order chi connectivity index (χ0) is 15.1. The first-order chi connectivity index (χ1) is 9.45. The second-order valence-electron chi connectivity index (χ2n) is 4.97. The maximum atomic E-state index is 12.1. The van der Waals surface area contributed by atoms with Crippen molar-refractivity contribution in [3.05, 3.63) is 22.4 Å². The van der Waals surface area contributed by atoms with E-state index in [1.807, 2.05) is 38.3 Å². The third kappa shape index (κ3) is 6.46. The van der Waals surface area contributed by atoms with Gasteiger partial charge < -0.3 is 16.0 Å². The fraction of sp³-hybridized carbons (Fsp3) is 0.571. The number of rotatable bonds is 7. The first-order valence-electron chi connectivity index (χ1n) is 6.79. The standard InChI is InChI=1S/C14H23N3O2S.ClH/c1-4-17(9-11-6-5-7-20-11)12(18)8-16-14(19)13(15)10(2)3;/h5-7,10,13H,4,8-9,15H2,1-3H3,(H,16,19);1H/t13-;/m0./s1. The highest BCUT2D eigenvalue weighted by Crippen LogP contribution is 2.11. The van der Waals surface area contributed by atoms with Crippen LogP contribution in [0.2, 0.25) is 0 Å². The van der Waals surface area contributed by atoms with E-state index in [4.69, 9.17) is 5.73 Å². The van der Waals surface area contributed by atoms with Crippen LogP contribution in [0.25, 0.3) is 0 Å². The van der Waals surface area contributed by atoms with Gasteiger partial charge in [-0.3, -0.25) is 9.59 Å². The van der Waals surface area contributed by atoms with Gasteiger partial charge in [-0.1, -0.05) is 19.9 Å². The van der Waals surface area contributed by atoms with Gasteiger partial charge in [-0.25, -0.2) is 0 Å². The Morgan fingerprint density at radius 3 is 2.57 bits per heavy atom. The van der Waals surface area contributed by atoms with Crippen molar-refractivity contribution in [2.24, 2.45) is 11.7 Å². The van der Waals surface area contributed by atoms with Gasteiger partial charge in [0.25, 0.3) is 0 Å². The lowest BCUT2D eigenvalue weighted by Crippen LogP contribution is -2.47. The fourth-order valence-electron chi connectivity index (χ4n) is 1.66. The van der Waals surface area contributed by atoms with Gasteiger partial charge in [0.1, 0.15) is 0 Å². The van der Waals surface area contributed by atoms with Crippen LogP contribution in [0.5, 0.6) is 0 Å². The summed E-state index contributed by atoms with van der Waals surface area (Å²) in [7, 11) is 0. The number of thiophene rings is 1.